The van der Waals surface area contributed by atoms with Crippen LogP contribution in [0.3, 0.4) is 0 Å². The zero-order valence-corrected chi connectivity index (χ0v) is 12.3. The second kappa shape index (κ2) is 6.02. The van der Waals surface area contributed by atoms with E-state index in [1.807, 2.05) is 12.3 Å². The van der Waals surface area contributed by atoms with Crippen LogP contribution in [0, 0.1) is 13.8 Å². The summed E-state index contributed by atoms with van der Waals surface area (Å²) in [5.41, 5.74) is 6.50. The first-order chi connectivity index (χ1) is 9.13. The summed E-state index contributed by atoms with van der Waals surface area (Å²) in [6, 6.07) is 6.41. The fourth-order valence-electron chi connectivity index (χ4n) is 2.38. The van der Waals surface area contributed by atoms with Crippen molar-refractivity contribution < 1.29 is 0 Å². The van der Waals surface area contributed by atoms with Gasteiger partial charge in [0.05, 0.1) is 5.69 Å². The molecule has 0 aliphatic carbocycles. The van der Waals surface area contributed by atoms with E-state index < -0.39 is 0 Å². The first-order valence-corrected chi connectivity index (χ1v) is 6.88. The number of hydrogen-bond donors (Lipinski definition) is 1. The van der Waals surface area contributed by atoms with Gasteiger partial charge in [0.25, 0.3) is 0 Å². The first-order valence-electron chi connectivity index (χ1n) is 6.88. The summed E-state index contributed by atoms with van der Waals surface area (Å²) in [4.78, 5) is 4.46. The summed E-state index contributed by atoms with van der Waals surface area (Å²) in [5.74, 6) is 0. The molecule has 0 radical (unpaired) electrons. The largest absolute Gasteiger partial charge is 0.352 e. The maximum Gasteiger partial charge on any atom is 0.0573 e. The predicted molar refractivity (Wildman–Crippen MR) is 79.0 cm³/mol. The molecule has 0 fully saturated rings. The Bertz CT molecular complexity index is 555. The molecule has 0 saturated heterocycles. The summed E-state index contributed by atoms with van der Waals surface area (Å²) < 4.78 is 2.23. The third-order valence-electron chi connectivity index (χ3n) is 3.85. The summed E-state index contributed by atoms with van der Waals surface area (Å²) in [5, 5.41) is 3.50. The lowest BCUT2D eigenvalue weighted by Gasteiger charge is -2.08. The van der Waals surface area contributed by atoms with Gasteiger partial charge in [0, 0.05) is 37.7 Å². The Morgan fingerprint density at radius 2 is 2.00 bits per heavy atom. The molecular weight excluding hydrogens is 234 g/mol. The highest BCUT2D eigenvalue weighted by Gasteiger charge is 2.06. The van der Waals surface area contributed by atoms with Crippen LogP contribution in [0.2, 0.25) is 0 Å². The van der Waals surface area contributed by atoms with Crippen molar-refractivity contribution in [2.75, 3.05) is 0 Å². The third kappa shape index (κ3) is 3.04. The molecule has 0 saturated carbocycles. The normalized spacial score (nSPS) is 10.9. The van der Waals surface area contributed by atoms with Crippen LogP contribution in [0.15, 0.2) is 24.4 Å². The van der Waals surface area contributed by atoms with Crippen molar-refractivity contribution in [2.24, 2.45) is 7.05 Å². The minimum atomic E-state index is 0.831. The maximum atomic E-state index is 4.46. The Kier molecular flexibility index (Phi) is 4.38. The second-order valence-electron chi connectivity index (χ2n) is 5.02. The lowest BCUT2D eigenvalue weighted by atomic mass is 10.1. The summed E-state index contributed by atoms with van der Waals surface area (Å²) in [6.07, 6.45) is 2.91. The van der Waals surface area contributed by atoms with E-state index in [9.17, 15) is 0 Å². The van der Waals surface area contributed by atoms with E-state index in [0.717, 1.165) is 25.2 Å². The lowest BCUT2D eigenvalue weighted by molar-refractivity contribution is 0.668. The Hall–Kier alpha value is -1.61. The second-order valence-corrected chi connectivity index (χ2v) is 5.02. The van der Waals surface area contributed by atoms with Crippen LogP contribution in [-0.4, -0.2) is 9.55 Å². The monoisotopic (exact) mass is 257 g/mol. The fourth-order valence-corrected chi connectivity index (χ4v) is 2.38. The zero-order chi connectivity index (χ0) is 13.8. The van der Waals surface area contributed by atoms with Gasteiger partial charge in [-0.2, -0.15) is 0 Å². The fraction of sp³-hybridized carbons (Fsp3) is 0.438. The summed E-state index contributed by atoms with van der Waals surface area (Å²) in [7, 11) is 2.11. The molecule has 0 unspecified atom stereocenters. The molecule has 3 nitrogen and oxygen atoms in total. The predicted octanol–water partition coefficient (Wildman–Crippen LogP) is 2.89. The first kappa shape index (κ1) is 13.8. The van der Waals surface area contributed by atoms with E-state index in [1.54, 1.807) is 0 Å². The molecule has 0 atom stereocenters. The van der Waals surface area contributed by atoms with Gasteiger partial charge in [-0.25, -0.2) is 0 Å². The lowest BCUT2D eigenvalue weighted by Crippen LogP contribution is -2.15. The van der Waals surface area contributed by atoms with Gasteiger partial charge in [-0.15, -0.1) is 0 Å². The van der Waals surface area contributed by atoms with Crippen molar-refractivity contribution in [3.8, 4) is 0 Å². The molecule has 1 N–H and O–H groups in total. The maximum absolute atomic E-state index is 4.46. The molecule has 102 valence electrons. The van der Waals surface area contributed by atoms with E-state index in [1.165, 1.54) is 22.5 Å². The van der Waals surface area contributed by atoms with Gasteiger partial charge in [0.1, 0.15) is 0 Å². The number of aromatic nitrogens is 2. The molecular formula is C16H23N3. The van der Waals surface area contributed by atoms with Crippen molar-refractivity contribution in [3.63, 3.8) is 0 Å². The van der Waals surface area contributed by atoms with Crippen LogP contribution >= 0.6 is 0 Å². The minimum Gasteiger partial charge on any atom is -0.352 e. The molecule has 0 aromatic carbocycles. The quantitative estimate of drug-likeness (QED) is 0.892. The minimum absolute atomic E-state index is 0.831. The van der Waals surface area contributed by atoms with E-state index in [4.69, 9.17) is 0 Å². The van der Waals surface area contributed by atoms with Crippen molar-refractivity contribution in [1.82, 2.24) is 14.9 Å². The highest BCUT2D eigenvalue weighted by Crippen LogP contribution is 2.13. The van der Waals surface area contributed by atoms with Gasteiger partial charge in [-0.3, -0.25) is 4.98 Å². The topological polar surface area (TPSA) is 29.9 Å². The SMILES string of the molecule is CCc1cccnc1CNCc1cc(C)n(C)c1C. The van der Waals surface area contributed by atoms with E-state index in [2.05, 4.69) is 54.8 Å². The number of hydrogen-bond acceptors (Lipinski definition) is 2. The van der Waals surface area contributed by atoms with Gasteiger partial charge < -0.3 is 9.88 Å². The molecule has 0 aliphatic rings. The number of nitrogens with one attached hydrogen (secondary N) is 1. The van der Waals surface area contributed by atoms with Crippen LogP contribution in [0.5, 0.6) is 0 Å². The van der Waals surface area contributed by atoms with E-state index in [0.29, 0.717) is 0 Å². The molecule has 2 aromatic heterocycles. The Morgan fingerprint density at radius 3 is 2.63 bits per heavy atom. The van der Waals surface area contributed by atoms with Gasteiger partial charge in [0.15, 0.2) is 0 Å². The highest BCUT2D eigenvalue weighted by atomic mass is 15.0. The number of rotatable bonds is 5. The van der Waals surface area contributed by atoms with E-state index in [-0.39, 0.29) is 0 Å². The summed E-state index contributed by atoms with van der Waals surface area (Å²) in [6.45, 7) is 8.21. The van der Waals surface area contributed by atoms with Gasteiger partial charge >= 0.3 is 0 Å². The summed E-state index contributed by atoms with van der Waals surface area (Å²) >= 11 is 0. The van der Waals surface area contributed by atoms with Crippen LogP contribution in [0.4, 0.5) is 0 Å². The molecule has 3 heteroatoms. The molecule has 0 bridgehead atoms. The number of pyridine rings is 1. The molecule has 2 rings (SSSR count). The molecule has 19 heavy (non-hydrogen) atoms. The molecule has 0 spiro atoms. The van der Waals surface area contributed by atoms with Gasteiger partial charge in [0.2, 0.25) is 0 Å². The van der Waals surface area contributed by atoms with Crippen LogP contribution in [-0.2, 0) is 26.6 Å². The van der Waals surface area contributed by atoms with Gasteiger partial charge in [-0.1, -0.05) is 13.0 Å². The van der Waals surface area contributed by atoms with Gasteiger partial charge in [-0.05, 0) is 43.5 Å². The molecule has 0 amide bonds. The Morgan fingerprint density at radius 1 is 1.21 bits per heavy atom. The van der Waals surface area contributed by atoms with E-state index >= 15 is 0 Å². The smallest absolute Gasteiger partial charge is 0.0573 e. The van der Waals surface area contributed by atoms with Crippen molar-refractivity contribution >= 4 is 0 Å². The van der Waals surface area contributed by atoms with Crippen molar-refractivity contribution in [1.29, 1.82) is 0 Å². The molecule has 0 aliphatic heterocycles. The van der Waals surface area contributed by atoms with Crippen LogP contribution in [0.1, 0.15) is 35.1 Å². The van der Waals surface area contributed by atoms with Crippen molar-refractivity contribution in [2.45, 2.75) is 40.3 Å². The molecule has 2 aromatic rings. The highest BCUT2D eigenvalue weighted by molar-refractivity contribution is 5.26. The average Bonchev–Trinajstić information content (AvgIpc) is 2.67. The van der Waals surface area contributed by atoms with Crippen LogP contribution < -0.4 is 5.32 Å². The average molecular weight is 257 g/mol. The molecule has 2 heterocycles. The Labute approximate surface area is 115 Å². The number of aryl methyl sites for hydroxylation is 2. The van der Waals surface area contributed by atoms with Crippen LogP contribution in [0.25, 0.3) is 0 Å². The van der Waals surface area contributed by atoms with Crippen molar-refractivity contribution in [3.05, 3.63) is 52.6 Å². The number of nitrogens with zero attached hydrogens (tertiary/aromatic N) is 2. The third-order valence-corrected chi connectivity index (χ3v) is 3.85. The Balaban J connectivity index is 1.98. The zero-order valence-electron chi connectivity index (χ0n) is 12.3. The standard InChI is InChI=1S/C16H23N3/c1-5-14-7-6-8-18-16(14)11-17-10-15-9-12(2)19(4)13(15)3/h6-9,17H,5,10-11H2,1-4H3.